The molecule has 0 aliphatic carbocycles. The number of ether oxygens (including phenoxy) is 2. The molecule has 0 aromatic carbocycles. The summed E-state index contributed by atoms with van der Waals surface area (Å²) in [5.74, 6) is 0. The Morgan fingerprint density at radius 1 is 1.33 bits per heavy atom. The van der Waals surface area contributed by atoms with Crippen LogP contribution in [0.3, 0.4) is 0 Å². The first-order chi connectivity index (χ1) is 5.63. The van der Waals surface area contributed by atoms with Crippen molar-refractivity contribution in [3.05, 3.63) is 0 Å². The molecule has 2 N–H and O–H groups in total. The fourth-order valence-corrected chi connectivity index (χ4v) is 0.701. The molecule has 0 aliphatic heterocycles. The first-order valence-corrected chi connectivity index (χ1v) is 4.51. The van der Waals surface area contributed by atoms with Crippen LogP contribution < -0.4 is 5.73 Å². The van der Waals surface area contributed by atoms with Crippen molar-refractivity contribution in [3.63, 3.8) is 0 Å². The molecule has 0 heterocycles. The van der Waals surface area contributed by atoms with E-state index in [1.807, 2.05) is 13.8 Å². The number of thiocarbonyl (C=S) groups is 1. The quantitative estimate of drug-likeness (QED) is 0.483. The molecule has 12 heavy (non-hydrogen) atoms. The average Bonchev–Trinajstić information content (AvgIpc) is 1.95. The molecular weight excluding hydrogens is 174 g/mol. The minimum atomic E-state index is 0.268. The molecule has 0 spiro atoms. The van der Waals surface area contributed by atoms with Gasteiger partial charge in [0.25, 0.3) is 0 Å². The highest BCUT2D eigenvalue weighted by atomic mass is 32.1. The van der Waals surface area contributed by atoms with Crippen molar-refractivity contribution in [1.82, 2.24) is 0 Å². The number of rotatable bonds is 7. The molecule has 0 atom stereocenters. The summed E-state index contributed by atoms with van der Waals surface area (Å²) in [6.07, 6.45) is 0.918. The Morgan fingerprint density at radius 2 is 2.00 bits per heavy atom. The molecule has 3 nitrogen and oxygen atoms in total. The topological polar surface area (TPSA) is 44.5 Å². The lowest BCUT2D eigenvalue weighted by Crippen LogP contribution is -2.14. The van der Waals surface area contributed by atoms with Crippen molar-refractivity contribution in [1.29, 1.82) is 0 Å². The van der Waals surface area contributed by atoms with Gasteiger partial charge in [-0.15, -0.1) is 0 Å². The first kappa shape index (κ1) is 11.8. The summed E-state index contributed by atoms with van der Waals surface area (Å²) in [5.41, 5.74) is 5.28. The highest BCUT2D eigenvalue weighted by molar-refractivity contribution is 7.80. The molecule has 0 bridgehead atoms. The van der Waals surface area contributed by atoms with E-state index in [0.717, 1.165) is 0 Å². The van der Waals surface area contributed by atoms with Gasteiger partial charge < -0.3 is 15.2 Å². The van der Waals surface area contributed by atoms with E-state index in [4.69, 9.17) is 15.2 Å². The van der Waals surface area contributed by atoms with Gasteiger partial charge in [0.15, 0.2) is 0 Å². The van der Waals surface area contributed by atoms with Gasteiger partial charge >= 0.3 is 0 Å². The van der Waals surface area contributed by atoms with Crippen LogP contribution in [0, 0.1) is 0 Å². The van der Waals surface area contributed by atoms with Crippen LogP contribution in [0.5, 0.6) is 0 Å². The van der Waals surface area contributed by atoms with Crippen molar-refractivity contribution in [2.75, 3.05) is 19.8 Å². The summed E-state index contributed by atoms with van der Waals surface area (Å²) in [6.45, 7) is 5.83. The van der Waals surface area contributed by atoms with E-state index in [1.165, 1.54) is 0 Å². The van der Waals surface area contributed by atoms with Gasteiger partial charge in [0.05, 0.1) is 30.9 Å². The Hall–Kier alpha value is -0.190. The Labute approximate surface area is 79.2 Å². The van der Waals surface area contributed by atoms with E-state index in [9.17, 15) is 0 Å². The Kier molecular flexibility index (Phi) is 7.34. The second kappa shape index (κ2) is 7.46. The second-order valence-electron chi connectivity index (χ2n) is 2.75. The van der Waals surface area contributed by atoms with E-state index < -0.39 is 0 Å². The lowest BCUT2D eigenvalue weighted by atomic mass is 10.5. The minimum absolute atomic E-state index is 0.268. The number of hydrogen-bond donors (Lipinski definition) is 1. The number of nitrogens with two attached hydrogens (primary N) is 1. The normalized spacial score (nSPS) is 10.6. The van der Waals surface area contributed by atoms with Gasteiger partial charge in [0.2, 0.25) is 0 Å². The zero-order chi connectivity index (χ0) is 9.40. The summed E-state index contributed by atoms with van der Waals surface area (Å²) < 4.78 is 10.5. The van der Waals surface area contributed by atoms with Crippen molar-refractivity contribution >= 4 is 17.2 Å². The maximum Gasteiger partial charge on any atom is 0.0750 e. The molecular formula is C8H17NO2S. The predicted octanol–water partition coefficient (Wildman–Crippen LogP) is 1.10. The highest BCUT2D eigenvalue weighted by Crippen LogP contribution is 1.88. The zero-order valence-corrected chi connectivity index (χ0v) is 8.52. The fourth-order valence-electron chi connectivity index (χ4n) is 0.618. The Morgan fingerprint density at radius 3 is 2.50 bits per heavy atom. The molecule has 0 aromatic rings. The molecule has 0 unspecified atom stereocenters. The summed E-state index contributed by atoms with van der Waals surface area (Å²) >= 11 is 4.68. The summed E-state index contributed by atoms with van der Waals surface area (Å²) in [4.78, 5) is 0.500. The largest absolute Gasteiger partial charge is 0.393 e. The standard InChI is InChI=1S/C8H17NO2S/c1-7(2)11-6-5-10-4-3-8(9)12/h7H,3-6H2,1-2H3,(H2,9,12). The van der Waals surface area contributed by atoms with Gasteiger partial charge in [0.1, 0.15) is 0 Å². The van der Waals surface area contributed by atoms with Crippen molar-refractivity contribution < 1.29 is 9.47 Å². The van der Waals surface area contributed by atoms with E-state index in [2.05, 4.69) is 12.2 Å². The monoisotopic (exact) mass is 191 g/mol. The Bertz CT molecular complexity index is 128. The fraction of sp³-hybridized carbons (Fsp3) is 0.875. The van der Waals surface area contributed by atoms with Crippen LogP contribution in [-0.4, -0.2) is 30.9 Å². The summed E-state index contributed by atoms with van der Waals surface area (Å²) in [6, 6.07) is 0. The van der Waals surface area contributed by atoms with Gasteiger partial charge in [0, 0.05) is 6.42 Å². The van der Waals surface area contributed by atoms with Crippen molar-refractivity contribution in [2.24, 2.45) is 5.73 Å². The molecule has 0 rings (SSSR count). The Balaban J connectivity index is 2.96. The van der Waals surface area contributed by atoms with Gasteiger partial charge in [-0.25, -0.2) is 0 Å². The maximum atomic E-state index is 5.28. The molecule has 4 heteroatoms. The smallest absolute Gasteiger partial charge is 0.0750 e. The third-order valence-corrected chi connectivity index (χ3v) is 1.38. The minimum Gasteiger partial charge on any atom is -0.393 e. The van der Waals surface area contributed by atoms with Gasteiger partial charge in [-0.1, -0.05) is 12.2 Å². The maximum absolute atomic E-state index is 5.28. The van der Waals surface area contributed by atoms with Gasteiger partial charge in [-0.2, -0.15) is 0 Å². The van der Waals surface area contributed by atoms with Crippen LogP contribution in [0.15, 0.2) is 0 Å². The molecule has 0 amide bonds. The third kappa shape index (κ3) is 9.81. The lowest BCUT2D eigenvalue weighted by molar-refractivity contribution is 0.0214. The van der Waals surface area contributed by atoms with Gasteiger partial charge in [-0.05, 0) is 13.8 Å². The molecule has 0 saturated carbocycles. The van der Waals surface area contributed by atoms with Crippen LogP contribution in [0.25, 0.3) is 0 Å². The summed E-state index contributed by atoms with van der Waals surface area (Å²) in [7, 11) is 0. The molecule has 0 saturated heterocycles. The van der Waals surface area contributed by atoms with Gasteiger partial charge in [-0.3, -0.25) is 0 Å². The SMILES string of the molecule is CC(C)OCCOCCC(N)=S. The van der Waals surface area contributed by atoms with E-state index in [1.54, 1.807) is 0 Å². The number of hydrogen-bond acceptors (Lipinski definition) is 3. The third-order valence-electron chi connectivity index (χ3n) is 1.17. The molecule has 0 aromatic heterocycles. The van der Waals surface area contributed by atoms with Crippen LogP contribution in [0.1, 0.15) is 20.3 Å². The summed E-state index contributed by atoms with van der Waals surface area (Å²) in [5, 5.41) is 0. The second-order valence-corrected chi connectivity index (χ2v) is 3.27. The first-order valence-electron chi connectivity index (χ1n) is 4.10. The van der Waals surface area contributed by atoms with E-state index in [0.29, 0.717) is 31.2 Å². The van der Waals surface area contributed by atoms with Crippen molar-refractivity contribution in [3.8, 4) is 0 Å². The van der Waals surface area contributed by atoms with Crippen LogP contribution >= 0.6 is 12.2 Å². The van der Waals surface area contributed by atoms with Crippen LogP contribution in [-0.2, 0) is 9.47 Å². The van der Waals surface area contributed by atoms with Crippen molar-refractivity contribution in [2.45, 2.75) is 26.4 Å². The lowest BCUT2D eigenvalue weighted by Gasteiger charge is -2.07. The van der Waals surface area contributed by atoms with E-state index >= 15 is 0 Å². The molecule has 0 fully saturated rings. The van der Waals surface area contributed by atoms with Crippen LogP contribution in [0.4, 0.5) is 0 Å². The average molecular weight is 191 g/mol. The van der Waals surface area contributed by atoms with Crippen LogP contribution in [0.2, 0.25) is 0 Å². The zero-order valence-electron chi connectivity index (χ0n) is 7.71. The molecule has 0 radical (unpaired) electrons. The van der Waals surface area contributed by atoms with E-state index in [-0.39, 0.29) is 6.10 Å². The highest BCUT2D eigenvalue weighted by Gasteiger charge is 1.93. The molecule has 0 aliphatic rings. The molecule has 72 valence electrons. The predicted molar refractivity (Wildman–Crippen MR) is 53.3 cm³/mol.